The van der Waals surface area contributed by atoms with Crippen LogP contribution < -0.4 is 4.74 Å². The van der Waals surface area contributed by atoms with Gasteiger partial charge in [0.2, 0.25) is 0 Å². The lowest BCUT2D eigenvalue weighted by atomic mass is 10.00. The molecule has 1 aromatic rings. The van der Waals surface area contributed by atoms with E-state index < -0.39 is 5.97 Å². The number of hydrogen-bond acceptors (Lipinski definition) is 2. The summed E-state index contributed by atoms with van der Waals surface area (Å²) in [7, 11) is 0. The van der Waals surface area contributed by atoms with Gasteiger partial charge in [0.15, 0.2) is 0 Å². The van der Waals surface area contributed by atoms with Gasteiger partial charge in [-0.25, -0.2) is 0 Å². The smallest absolute Gasteiger partial charge is 0.303 e. The van der Waals surface area contributed by atoms with Gasteiger partial charge < -0.3 is 9.84 Å². The van der Waals surface area contributed by atoms with E-state index in [0.29, 0.717) is 19.4 Å². The SMILES string of the molecule is O=C(O)CCCc1c(Cl)ccc2c1CCO2. The van der Waals surface area contributed by atoms with Crippen LogP contribution in [0.25, 0.3) is 0 Å². The number of fused-ring (bicyclic) bond motifs is 1. The van der Waals surface area contributed by atoms with E-state index in [1.54, 1.807) is 0 Å². The van der Waals surface area contributed by atoms with Crippen molar-refractivity contribution in [2.45, 2.75) is 25.7 Å². The van der Waals surface area contributed by atoms with Gasteiger partial charge in [-0.15, -0.1) is 0 Å². The van der Waals surface area contributed by atoms with Crippen LogP contribution in [-0.2, 0) is 17.6 Å². The zero-order chi connectivity index (χ0) is 11.5. The molecule has 0 amide bonds. The molecule has 1 aliphatic heterocycles. The minimum Gasteiger partial charge on any atom is -0.493 e. The van der Waals surface area contributed by atoms with Crippen LogP contribution in [-0.4, -0.2) is 17.7 Å². The van der Waals surface area contributed by atoms with Gasteiger partial charge in [0.05, 0.1) is 6.61 Å². The molecular weight excluding hydrogens is 228 g/mol. The lowest BCUT2D eigenvalue weighted by Gasteiger charge is -2.08. The Balaban J connectivity index is 2.13. The van der Waals surface area contributed by atoms with Crippen LogP contribution in [0.1, 0.15) is 24.0 Å². The zero-order valence-electron chi connectivity index (χ0n) is 8.83. The second kappa shape index (κ2) is 4.74. The van der Waals surface area contributed by atoms with Crippen molar-refractivity contribution >= 4 is 17.6 Å². The van der Waals surface area contributed by atoms with Gasteiger partial charge in [-0.1, -0.05) is 11.6 Å². The first-order chi connectivity index (χ1) is 7.68. The van der Waals surface area contributed by atoms with E-state index in [0.717, 1.165) is 28.3 Å². The molecule has 1 N–H and O–H groups in total. The summed E-state index contributed by atoms with van der Waals surface area (Å²) < 4.78 is 5.45. The molecule has 86 valence electrons. The van der Waals surface area contributed by atoms with Gasteiger partial charge in [-0.05, 0) is 30.5 Å². The number of carbonyl (C=O) groups is 1. The van der Waals surface area contributed by atoms with Gasteiger partial charge >= 0.3 is 5.97 Å². The highest BCUT2D eigenvalue weighted by Crippen LogP contribution is 2.33. The molecule has 1 aliphatic rings. The van der Waals surface area contributed by atoms with Crippen molar-refractivity contribution in [2.75, 3.05) is 6.61 Å². The third-order valence-corrected chi connectivity index (χ3v) is 3.11. The predicted molar refractivity (Wildman–Crippen MR) is 61.2 cm³/mol. The van der Waals surface area contributed by atoms with E-state index in [4.69, 9.17) is 21.4 Å². The number of benzene rings is 1. The number of carboxylic acids is 1. The first-order valence-electron chi connectivity index (χ1n) is 5.33. The summed E-state index contributed by atoms with van der Waals surface area (Å²) >= 11 is 6.12. The topological polar surface area (TPSA) is 46.5 Å². The number of aliphatic carboxylic acids is 1. The quantitative estimate of drug-likeness (QED) is 0.880. The first kappa shape index (κ1) is 11.3. The van der Waals surface area contributed by atoms with Crippen molar-refractivity contribution in [3.63, 3.8) is 0 Å². The highest BCUT2D eigenvalue weighted by molar-refractivity contribution is 6.31. The summed E-state index contributed by atoms with van der Waals surface area (Å²) in [5, 5.41) is 9.31. The minimum absolute atomic E-state index is 0.181. The molecule has 0 unspecified atom stereocenters. The van der Waals surface area contributed by atoms with E-state index in [-0.39, 0.29) is 6.42 Å². The van der Waals surface area contributed by atoms with Gasteiger partial charge in [0.1, 0.15) is 5.75 Å². The molecule has 0 aliphatic carbocycles. The second-order valence-corrected chi connectivity index (χ2v) is 4.26. The first-order valence-corrected chi connectivity index (χ1v) is 5.71. The number of hydrogen-bond donors (Lipinski definition) is 1. The molecule has 1 heterocycles. The van der Waals surface area contributed by atoms with Crippen molar-refractivity contribution in [1.29, 1.82) is 0 Å². The molecule has 1 aromatic carbocycles. The van der Waals surface area contributed by atoms with Crippen LogP contribution in [0.2, 0.25) is 5.02 Å². The molecule has 3 nitrogen and oxygen atoms in total. The molecule has 16 heavy (non-hydrogen) atoms. The van der Waals surface area contributed by atoms with Gasteiger partial charge in [-0.3, -0.25) is 4.79 Å². The third-order valence-electron chi connectivity index (χ3n) is 2.76. The van der Waals surface area contributed by atoms with Crippen molar-refractivity contribution in [2.24, 2.45) is 0 Å². The standard InChI is InChI=1S/C12H13ClO3/c13-10-4-5-11-9(6-7-16-11)8(10)2-1-3-12(14)15/h4-5H,1-3,6-7H2,(H,14,15). The fourth-order valence-electron chi connectivity index (χ4n) is 2.00. The maximum Gasteiger partial charge on any atom is 0.303 e. The lowest BCUT2D eigenvalue weighted by Crippen LogP contribution is -1.98. The molecule has 0 saturated heterocycles. The van der Waals surface area contributed by atoms with E-state index in [2.05, 4.69) is 0 Å². The van der Waals surface area contributed by atoms with Crippen LogP contribution in [0.4, 0.5) is 0 Å². The largest absolute Gasteiger partial charge is 0.493 e. The normalized spacial score (nSPS) is 13.3. The minimum atomic E-state index is -0.764. The molecule has 0 atom stereocenters. The average Bonchev–Trinajstić information content (AvgIpc) is 2.69. The maximum atomic E-state index is 10.5. The fraction of sp³-hybridized carbons (Fsp3) is 0.417. The summed E-state index contributed by atoms with van der Waals surface area (Å²) in [5.74, 6) is 0.134. The van der Waals surface area contributed by atoms with Crippen molar-refractivity contribution in [3.05, 3.63) is 28.3 Å². The number of ether oxygens (including phenoxy) is 1. The third kappa shape index (κ3) is 2.30. The monoisotopic (exact) mass is 240 g/mol. The molecule has 4 heteroatoms. The van der Waals surface area contributed by atoms with Crippen molar-refractivity contribution < 1.29 is 14.6 Å². The Bertz CT molecular complexity index is 415. The molecule has 0 spiro atoms. The van der Waals surface area contributed by atoms with E-state index in [9.17, 15) is 4.79 Å². The van der Waals surface area contributed by atoms with Crippen LogP contribution >= 0.6 is 11.6 Å². The lowest BCUT2D eigenvalue weighted by molar-refractivity contribution is -0.137. The van der Waals surface area contributed by atoms with E-state index in [1.165, 1.54) is 0 Å². The van der Waals surface area contributed by atoms with Gasteiger partial charge in [0, 0.05) is 23.4 Å². The molecule has 0 fully saturated rings. The summed E-state index contributed by atoms with van der Waals surface area (Å²) in [6.07, 6.45) is 2.38. The summed E-state index contributed by atoms with van der Waals surface area (Å²) in [5.41, 5.74) is 2.20. The average molecular weight is 241 g/mol. The van der Waals surface area contributed by atoms with Crippen LogP contribution in [0, 0.1) is 0 Å². The van der Waals surface area contributed by atoms with Crippen LogP contribution in [0.5, 0.6) is 5.75 Å². The predicted octanol–water partition coefficient (Wildman–Crippen LogP) is 2.68. The molecule has 2 rings (SSSR count). The zero-order valence-corrected chi connectivity index (χ0v) is 9.59. The Morgan fingerprint density at radius 2 is 2.31 bits per heavy atom. The Morgan fingerprint density at radius 1 is 1.50 bits per heavy atom. The van der Waals surface area contributed by atoms with Crippen LogP contribution in [0.15, 0.2) is 12.1 Å². The number of halogens is 1. The van der Waals surface area contributed by atoms with E-state index in [1.807, 2.05) is 12.1 Å². The summed E-state index contributed by atoms with van der Waals surface area (Å²) in [6.45, 7) is 0.696. The molecular formula is C12H13ClO3. The van der Waals surface area contributed by atoms with Crippen molar-refractivity contribution in [3.8, 4) is 5.75 Å². The Labute approximate surface area is 99.0 Å². The second-order valence-electron chi connectivity index (χ2n) is 3.85. The van der Waals surface area contributed by atoms with Gasteiger partial charge in [-0.2, -0.15) is 0 Å². The summed E-state index contributed by atoms with van der Waals surface area (Å²) in [6, 6.07) is 3.70. The molecule has 0 bridgehead atoms. The molecule has 0 radical (unpaired) electrons. The Morgan fingerprint density at radius 3 is 3.06 bits per heavy atom. The number of rotatable bonds is 4. The highest BCUT2D eigenvalue weighted by Gasteiger charge is 2.18. The molecule has 0 aromatic heterocycles. The maximum absolute atomic E-state index is 10.5. The summed E-state index contributed by atoms with van der Waals surface area (Å²) in [4.78, 5) is 10.5. The fourth-order valence-corrected chi connectivity index (χ4v) is 2.27. The van der Waals surface area contributed by atoms with Crippen molar-refractivity contribution in [1.82, 2.24) is 0 Å². The Hall–Kier alpha value is -1.22. The highest BCUT2D eigenvalue weighted by atomic mass is 35.5. The van der Waals surface area contributed by atoms with Crippen LogP contribution in [0.3, 0.4) is 0 Å². The van der Waals surface area contributed by atoms with E-state index >= 15 is 0 Å². The Kier molecular flexibility index (Phi) is 3.34. The van der Waals surface area contributed by atoms with Gasteiger partial charge in [0.25, 0.3) is 0 Å². The molecule has 0 saturated carbocycles. The number of carboxylic acid groups (broad SMARTS) is 1.